The molecule has 0 amide bonds. The van der Waals surface area contributed by atoms with Crippen LogP contribution < -0.4 is 0 Å². The van der Waals surface area contributed by atoms with Gasteiger partial charge in [0.05, 0.1) is 5.88 Å². The predicted molar refractivity (Wildman–Crippen MR) is 63.0 cm³/mol. The summed E-state index contributed by atoms with van der Waals surface area (Å²) in [5.41, 5.74) is 1.61. The average Bonchev–Trinajstić information content (AvgIpc) is 2.54. The van der Waals surface area contributed by atoms with Crippen molar-refractivity contribution in [3.8, 4) is 0 Å². The maximum absolute atomic E-state index is 11.6. The summed E-state index contributed by atoms with van der Waals surface area (Å²) in [6.07, 6.45) is 1.78. The molecule has 0 aliphatic heterocycles. The molecule has 0 atom stereocenters. The number of Topliss-reactive ketones (excluding diaryl/α,β-unsaturated/α-hetero) is 1. The summed E-state index contributed by atoms with van der Waals surface area (Å²) < 4.78 is 1.89. The molecule has 0 fully saturated rings. The number of carbonyl (C=O) groups excluding carboxylic acids is 1. The second kappa shape index (κ2) is 3.87. The number of hydrogen-bond donors (Lipinski definition) is 0. The number of aromatic nitrogens is 1. The maximum Gasteiger partial charge on any atom is 0.179 e. The summed E-state index contributed by atoms with van der Waals surface area (Å²) in [6.45, 7) is 0. The number of rotatable bonds is 2. The van der Waals surface area contributed by atoms with Crippen LogP contribution in [0.4, 0.5) is 0 Å². The zero-order chi connectivity index (χ0) is 11.0. The van der Waals surface area contributed by atoms with Crippen LogP contribution in [0.1, 0.15) is 10.4 Å². The van der Waals surface area contributed by atoms with Crippen LogP contribution in [0, 0.1) is 0 Å². The zero-order valence-corrected chi connectivity index (χ0v) is 9.64. The number of alkyl halides is 1. The Bertz CT molecular complexity index is 531. The number of aryl methyl sites for hydroxylation is 1. The second-order valence-electron chi connectivity index (χ2n) is 3.37. The van der Waals surface area contributed by atoms with E-state index in [9.17, 15) is 4.79 Å². The van der Waals surface area contributed by atoms with Crippen LogP contribution in [-0.2, 0) is 7.05 Å². The van der Waals surface area contributed by atoms with E-state index in [0.717, 1.165) is 10.9 Å². The first-order valence-electron chi connectivity index (χ1n) is 4.47. The number of halogens is 2. The topological polar surface area (TPSA) is 22.0 Å². The van der Waals surface area contributed by atoms with Crippen LogP contribution >= 0.6 is 23.2 Å². The molecule has 2 rings (SSSR count). The zero-order valence-electron chi connectivity index (χ0n) is 8.13. The molecule has 2 aromatic rings. The molecule has 0 aliphatic rings. The monoisotopic (exact) mass is 241 g/mol. The molecule has 0 aliphatic carbocycles. The number of fused-ring (bicyclic) bond motifs is 1. The van der Waals surface area contributed by atoms with Gasteiger partial charge in [-0.15, -0.1) is 11.6 Å². The molecular weight excluding hydrogens is 233 g/mol. The van der Waals surface area contributed by atoms with E-state index in [1.165, 1.54) is 0 Å². The third kappa shape index (κ3) is 1.75. The maximum atomic E-state index is 11.6. The van der Waals surface area contributed by atoms with E-state index < -0.39 is 0 Å². The Balaban J connectivity index is 2.75. The predicted octanol–water partition coefficient (Wildman–Crippen LogP) is 3.25. The van der Waals surface area contributed by atoms with E-state index in [4.69, 9.17) is 23.2 Å². The van der Waals surface area contributed by atoms with Gasteiger partial charge in [-0.25, -0.2) is 0 Å². The molecule has 1 aromatic heterocycles. The van der Waals surface area contributed by atoms with Gasteiger partial charge in [0.15, 0.2) is 5.78 Å². The van der Waals surface area contributed by atoms with E-state index in [-0.39, 0.29) is 11.7 Å². The van der Waals surface area contributed by atoms with Gasteiger partial charge in [0.25, 0.3) is 0 Å². The molecule has 0 N–H and O–H groups in total. The Morgan fingerprint density at radius 3 is 2.87 bits per heavy atom. The lowest BCUT2D eigenvalue weighted by molar-refractivity contribution is 0.102. The van der Waals surface area contributed by atoms with E-state index in [2.05, 4.69) is 0 Å². The van der Waals surface area contributed by atoms with Crippen LogP contribution in [0.5, 0.6) is 0 Å². The summed E-state index contributed by atoms with van der Waals surface area (Å²) in [5, 5.41) is 1.48. The van der Waals surface area contributed by atoms with Gasteiger partial charge in [0, 0.05) is 34.7 Å². The highest BCUT2D eigenvalue weighted by molar-refractivity contribution is 6.33. The van der Waals surface area contributed by atoms with Crippen molar-refractivity contribution in [3.05, 3.63) is 35.0 Å². The first-order chi connectivity index (χ1) is 7.13. The van der Waals surface area contributed by atoms with E-state index in [1.54, 1.807) is 18.3 Å². The third-order valence-corrected chi connectivity index (χ3v) is 2.85. The smallest absolute Gasteiger partial charge is 0.179 e. The molecule has 0 radical (unpaired) electrons. The Labute approximate surface area is 97.4 Å². The summed E-state index contributed by atoms with van der Waals surface area (Å²) >= 11 is 11.4. The van der Waals surface area contributed by atoms with Crippen molar-refractivity contribution in [2.24, 2.45) is 7.05 Å². The van der Waals surface area contributed by atoms with Gasteiger partial charge in [-0.05, 0) is 18.2 Å². The first-order valence-corrected chi connectivity index (χ1v) is 5.38. The van der Waals surface area contributed by atoms with Crippen molar-refractivity contribution in [3.63, 3.8) is 0 Å². The molecule has 0 saturated heterocycles. The summed E-state index contributed by atoms with van der Waals surface area (Å²) in [4.78, 5) is 11.6. The van der Waals surface area contributed by atoms with Crippen molar-refractivity contribution in [2.75, 3.05) is 5.88 Å². The minimum absolute atomic E-state index is 0.00831. The number of benzene rings is 1. The van der Waals surface area contributed by atoms with Crippen molar-refractivity contribution < 1.29 is 4.79 Å². The highest BCUT2D eigenvalue weighted by Gasteiger charge is 2.12. The van der Waals surface area contributed by atoms with Crippen LogP contribution in [-0.4, -0.2) is 16.2 Å². The normalized spacial score (nSPS) is 10.9. The second-order valence-corrected chi connectivity index (χ2v) is 4.08. The fraction of sp³-hybridized carbons (Fsp3) is 0.182. The van der Waals surface area contributed by atoms with E-state index in [0.29, 0.717) is 10.6 Å². The van der Waals surface area contributed by atoms with Gasteiger partial charge < -0.3 is 4.57 Å². The minimum atomic E-state index is -0.0791. The largest absolute Gasteiger partial charge is 0.350 e. The van der Waals surface area contributed by atoms with Crippen molar-refractivity contribution in [1.82, 2.24) is 4.57 Å². The molecule has 0 saturated carbocycles. The van der Waals surface area contributed by atoms with Crippen molar-refractivity contribution in [2.45, 2.75) is 0 Å². The minimum Gasteiger partial charge on any atom is -0.350 e. The molecule has 0 spiro atoms. The van der Waals surface area contributed by atoms with Gasteiger partial charge >= 0.3 is 0 Å². The SMILES string of the molecule is Cn1cc(C(=O)CCl)c2cc(Cl)ccc21. The number of ketones is 1. The highest BCUT2D eigenvalue weighted by atomic mass is 35.5. The van der Waals surface area contributed by atoms with Crippen LogP contribution in [0.15, 0.2) is 24.4 Å². The van der Waals surface area contributed by atoms with E-state index >= 15 is 0 Å². The number of nitrogens with zero attached hydrogens (tertiary/aromatic N) is 1. The summed E-state index contributed by atoms with van der Waals surface area (Å²) in [6, 6.07) is 5.48. The van der Waals surface area contributed by atoms with Crippen molar-refractivity contribution in [1.29, 1.82) is 0 Å². The molecule has 1 aromatic carbocycles. The van der Waals surface area contributed by atoms with Gasteiger partial charge in [-0.2, -0.15) is 0 Å². The summed E-state index contributed by atoms with van der Waals surface area (Å²) in [5.74, 6) is -0.0874. The molecule has 78 valence electrons. The standard InChI is InChI=1S/C11H9Cl2NO/c1-14-6-9(11(15)5-12)8-4-7(13)2-3-10(8)14/h2-4,6H,5H2,1H3. The Hall–Kier alpha value is -0.990. The van der Waals surface area contributed by atoms with Gasteiger partial charge in [-0.3, -0.25) is 4.79 Å². The lowest BCUT2D eigenvalue weighted by atomic mass is 10.1. The van der Waals surface area contributed by atoms with Gasteiger partial charge in [0.1, 0.15) is 0 Å². The molecule has 1 heterocycles. The molecular formula is C11H9Cl2NO. The third-order valence-electron chi connectivity index (χ3n) is 2.37. The Kier molecular flexibility index (Phi) is 2.72. The van der Waals surface area contributed by atoms with E-state index in [1.807, 2.05) is 17.7 Å². The fourth-order valence-corrected chi connectivity index (χ4v) is 1.97. The number of carbonyl (C=O) groups is 1. The highest BCUT2D eigenvalue weighted by Crippen LogP contribution is 2.24. The Morgan fingerprint density at radius 2 is 2.20 bits per heavy atom. The van der Waals surface area contributed by atoms with Crippen LogP contribution in [0.2, 0.25) is 5.02 Å². The quantitative estimate of drug-likeness (QED) is 0.585. The number of hydrogen-bond acceptors (Lipinski definition) is 1. The van der Waals surface area contributed by atoms with Gasteiger partial charge in [0.2, 0.25) is 0 Å². The Morgan fingerprint density at radius 1 is 1.47 bits per heavy atom. The molecule has 4 heteroatoms. The van der Waals surface area contributed by atoms with Crippen LogP contribution in [0.3, 0.4) is 0 Å². The summed E-state index contributed by atoms with van der Waals surface area (Å²) in [7, 11) is 1.89. The molecule has 0 bridgehead atoms. The lowest BCUT2D eigenvalue weighted by Crippen LogP contribution is -1.98. The molecule has 15 heavy (non-hydrogen) atoms. The van der Waals surface area contributed by atoms with Crippen LogP contribution in [0.25, 0.3) is 10.9 Å². The first kappa shape index (κ1) is 10.5. The lowest BCUT2D eigenvalue weighted by Gasteiger charge is -1.96. The van der Waals surface area contributed by atoms with Gasteiger partial charge in [-0.1, -0.05) is 11.6 Å². The average molecular weight is 242 g/mol. The molecule has 2 nitrogen and oxygen atoms in total. The molecule has 0 unspecified atom stereocenters. The fourth-order valence-electron chi connectivity index (χ4n) is 1.66. The van der Waals surface area contributed by atoms with Crippen molar-refractivity contribution >= 4 is 39.9 Å².